The van der Waals surface area contributed by atoms with Gasteiger partial charge in [0, 0.05) is 6.61 Å². The Bertz CT molecular complexity index is 324. The van der Waals surface area contributed by atoms with Gasteiger partial charge in [0.1, 0.15) is 6.04 Å². The Morgan fingerprint density at radius 3 is 2.10 bits per heavy atom. The predicted molar refractivity (Wildman–Crippen MR) is 77.7 cm³/mol. The molecule has 6 heteroatoms. The fourth-order valence-corrected chi connectivity index (χ4v) is 1.64. The van der Waals surface area contributed by atoms with E-state index in [1.165, 1.54) is 0 Å². The number of carbonyl (C=O) groups excluding carboxylic acids is 1. The Kier molecular flexibility index (Phi) is 7.57. The molecule has 0 aliphatic heterocycles. The number of aliphatic carboxylic acids is 1. The van der Waals surface area contributed by atoms with Crippen LogP contribution in [0.4, 0.5) is 4.79 Å². The summed E-state index contributed by atoms with van der Waals surface area (Å²) in [6.07, 6.45) is 0. The average Bonchev–Trinajstić information content (AvgIpc) is 2.29. The molecule has 0 aliphatic rings. The van der Waals surface area contributed by atoms with E-state index in [4.69, 9.17) is 4.74 Å². The molecule has 0 aromatic heterocycles. The van der Waals surface area contributed by atoms with Gasteiger partial charge in [-0.25, -0.2) is 9.59 Å². The van der Waals surface area contributed by atoms with Crippen molar-refractivity contribution in [2.75, 3.05) is 13.2 Å². The van der Waals surface area contributed by atoms with Gasteiger partial charge in [-0.3, -0.25) is 0 Å². The molecule has 20 heavy (non-hydrogen) atoms. The van der Waals surface area contributed by atoms with Crippen molar-refractivity contribution in [3.05, 3.63) is 0 Å². The van der Waals surface area contributed by atoms with E-state index in [0.717, 1.165) is 0 Å². The summed E-state index contributed by atoms with van der Waals surface area (Å²) < 4.78 is 5.32. The lowest BCUT2D eigenvalue weighted by atomic mass is 9.87. The molecule has 0 saturated carbocycles. The lowest BCUT2D eigenvalue weighted by Gasteiger charge is -2.29. The summed E-state index contributed by atoms with van der Waals surface area (Å²) in [4.78, 5) is 23.1. The predicted octanol–water partition coefficient (Wildman–Crippen LogP) is 1.85. The molecule has 0 rings (SSSR count). The molecule has 0 aromatic rings. The minimum Gasteiger partial charge on any atom is -0.480 e. The molecule has 0 spiro atoms. The van der Waals surface area contributed by atoms with Crippen LogP contribution in [0.25, 0.3) is 0 Å². The van der Waals surface area contributed by atoms with Crippen LogP contribution in [0.5, 0.6) is 0 Å². The number of nitrogens with one attached hydrogen (secondary N) is 2. The van der Waals surface area contributed by atoms with Crippen LogP contribution in [0.15, 0.2) is 0 Å². The summed E-state index contributed by atoms with van der Waals surface area (Å²) in [5.74, 6) is -0.844. The number of hydrogen-bond donors (Lipinski definition) is 3. The van der Waals surface area contributed by atoms with Gasteiger partial charge in [0.2, 0.25) is 0 Å². The maximum Gasteiger partial charge on any atom is 0.326 e. The summed E-state index contributed by atoms with van der Waals surface area (Å²) in [5.41, 5.74) is -0.559. The van der Waals surface area contributed by atoms with Crippen LogP contribution in [-0.2, 0) is 9.53 Å². The van der Waals surface area contributed by atoms with Gasteiger partial charge >= 0.3 is 12.0 Å². The number of carboxylic acids is 1. The van der Waals surface area contributed by atoms with Crippen LogP contribution in [0.1, 0.15) is 41.5 Å². The van der Waals surface area contributed by atoms with Gasteiger partial charge in [-0.2, -0.15) is 0 Å². The van der Waals surface area contributed by atoms with E-state index < -0.39 is 23.5 Å². The van der Waals surface area contributed by atoms with Gasteiger partial charge in [-0.15, -0.1) is 0 Å². The number of ether oxygens (including phenoxy) is 1. The Labute approximate surface area is 121 Å². The van der Waals surface area contributed by atoms with Crippen molar-refractivity contribution < 1.29 is 19.4 Å². The van der Waals surface area contributed by atoms with Gasteiger partial charge in [-0.05, 0) is 18.3 Å². The fraction of sp³-hybridized carbons (Fsp3) is 0.857. The molecule has 3 N–H and O–H groups in total. The van der Waals surface area contributed by atoms with Gasteiger partial charge in [0.05, 0.1) is 12.6 Å². The molecular formula is C14H28N2O4. The van der Waals surface area contributed by atoms with E-state index in [9.17, 15) is 14.7 Å². The van der Waals surface area contributed by atoms with Crippen LogP contribution < -0.4 is 10.6 Å². The first-order chi connectivity index (χ1) is 9.09. The summed E-state index contributed by atoms with van der Waals surface area (Å²) >= 11 is 0. The Morgan fingerprint density at radius 2 is 1.75 bits per heavy atom. The number of amides is 2. The van der Waals surface area contributed by atoms with Crippen molar-refractivity contribution in [2.45, 2.75) is 53.6 Å². The van der Waals surface area contributed by atoms with Gasteiger partial charge in [0.15, 0.2) is 0 Å². The van der Waals surface area contributed by atoms with Crippen molar-refractivity contribution in [1.82, 2.24) is 10.6 Å². The molecule has 0 saturated heterocycles. The van der Waals surface area contributed by atoms with Crippen molar-refractivity contribution in [2.24, 2.45) is 11.3 Å². The van der Waals surface area contributed by atoms with Crippen LogP contribution in [0.3, 0.4) is 0 Å². The van der Waals surface area contributed by atoms with Crippen LogP contribution in [0, 0.1) is 11.3 Å². The van der Waals surface area contributed by atoms with Crippen molar-refractivity contribution >= 4 is 12.0 Å². The van der Waals surface area contributed by atoms with E-state index in [1.54, 1.807) is 20.8 Å². The summed E-state index contributed by atoms with van der Waals surface area (Å²) in [5, 5.41) is 14.5. The SMILES string of the molecule is CCOCC(NC(=O)N[C@H](C(=O)O)C(C)(C)C)C(C)C. The number of hydrogen-bond acceptors (Lipinski definition) is 3. The van der Waals surface area contributed by atoms with Crippen molar-refractivity contribution in [3.63, 3.8) is 0 Å². The second-order valence-electron chi connectivity index (χ2n) is 6.27. The quantitative estimate of drug-likeness (QED) is 0.667. The average molecular weight is 288 g/mol. The van der Waals surface area contributed by atoms with Crippen molar-refractivity contribution in [3.8, 4) is 0 Å². The Hall–Kier alpha value is -1.30. The molecule has 1 unspecified atom stereocenters. The largest absolute Gasteiger partial charge is 0.480 e. The third-order valence-corrected chi connectivity index (χ3v) is 3.01. The van der Waals surface area contributed by atoms with Crippen LogP contribution in [0.2, 0.25) is 0 Å². The molecular weight excluding hydrogens is 260 g/mol. The molecule has 0 aliphatic carbocycles. The topological polar surface area (TPSA) is 87.7 Å². The highest BCUT2D eigenvalue weighted by molar-refractivity contribution is 5.83. The third kappa shape index (κ3) is 6.75. The van der Waals surface area contributed by atoms with E-state index in [1.807, 2.05) is 20.8 Å². The Balaban J connectivity index is 4.61. The lowest BCUT2D eigenvalue weighted by molar-refractivity contribution is -0.141. The lowest BCUT2D eigenvalue weighted by Crippen LogP contribution is -2.55. The number of urea groups is 1. The molecule has 0 fully saturated rings. The normalized spacial score (nSPS) is 14.8. The standard InChI is InChI=1S/C14H28N2O4/c1-7-20-8-10(9(2)3)15-13(19)16-11(12(17)18)14(4,5)6/h9-11H,7-8H2,1-6H3,(H,17,18)(H2,15,16,19)/t10?,11-/m1/s1. The summed E-state index contributed by atoms with van der Waals surface area (Å²) in [6.45, 7) is 12.1. The maximum atomic E-state index is 11.9. The van der Waals surface area contributed by atoms with Crippen LogP contribution in [-0.4, -0.2) is 42.4 Å². The van der Waals surface area contributed by atoms with E-state index in [-0.39, 0.29) is 12.0 Å². The highest BCUT2D eigenvalue weighted by Crippen LogP contribution is 2.19. The molecule has 0 radical (unpaired) electrons. The second kappa shape index (κ2) is 8.09. The second-order valence-corrected chi connectivity index (χ2v) is 6.27. The third-order valence-electron chi connectivity index (χ3n) is 3.01. The fourth-order valence-electron chi connectivity index (χ4n) is 1.64. The zero-order chi connectivity index (χ0) is 15.9. The number of carboxylic acid groups (broad SMARTS) is 1. The van der Waals surface area contributed by atoms with Gasteiger partial charge in [0.25, 0.3) is 0 Å². The van der Waals surface area contributed by atoms with Gasteiger partial charge < -0.3 is 20.5 Å². The summed E-state index contributed by atoms with van der Waals surface area (Å²) in [7, 11) is 0. The van der Waals surface area contributed by atoms with E-state index >= 15 is 0 Å². The van der Waals surface area contributed by atoms with Crippen LogP contribution >= 0.6 is 0 Å². The molecule has 118 valence electrons. The molecule has 2 atom stereocenters. The number of rotatable bonds is 7. The molecule has 2 amide bonds. The highest BCUT2D eigenvalue weighted by atomic mass is 16.5. The molecule has 0 aromatic carbocycles. The molecule has 0 bridgehead atoms. The first-order valence-corrected chi connectivity index (χ1v) is 6.97. The van der Waals surface area contributed by atoms with Gasteiger partial charge in [-0.1, -0.05) is 34.6 Å². The monoisotopic (exact) mass is 288 g/mol. The maximum absolute atomic E-state index is 11.9. The minimum atomic E-state index is -1.04. The van der Waals surface area contributed by atoms with Crippen molar-refractivity contribution in [1.29, 1.82) is 0 Å². The molecule has 0 heterocycles. The first kappa shape index (κ1) is 18.7. The summed E-state index contributed by atoms with van der Waals surface area (Å²) in [6, 6.07) is -1.57. The van der Waals surface area contributed by atoms with E-state index in [2.05, 4.69) is 10.6 Å². The Morgan fingerprint density at radius 1 is 1.20 bits per heavy atom. The molecule has 6 nitrogen and oxygen atoms in total. The highest BCUT2D eigenvalue weighted by Gasteiger charge is 2.33. The first-order valence-electron chi connectivity index (χ1n) is 6.97. The minimum absolute atomic E-state index is 0.149. The number of carbonyl (C=O) groups is 2. The zero-order valence-electron chi connectivity index (χ0n) is 13.3. The smallest absolute Gasteiger partial charge is 0.326 e. The zero-order valence-corrected chi connectivity index (χ0v) is 13.3. The van der Waals surface area contributed by atoms with E-state index in [0.29, 0.717) is 13.2 Å².